The van der Waals surface area contributed by atoms with Gasteiger partial charge in [-0.2, -0.15) is 0 Å². The molecule has 0 unspecified atom stereocenters. The number of halogens is 1. The summed E-state index contributed by atoms with van der Waals surface area (Å²) in [4.78, 5) is 22.3. The average molecular weight is 366 g/mol. The summed E-state index contributed by atoms with van der Waals surface area (Å²) >= 11 is 5.71. The zero-order chi connectivity index (χ0) is 18.2. The number of hydrogen-bond acceptors (Lipinski definition) is 6. The highest BCUT2D eigenvalue weighted by molar-refractivity contribution is 6.31. The van der Waals surface area contributed by atoms with E-state index in [1.54, 1.807) is 24.3 Å². The minimum absolute atomic E-state index is 0.0498. The molecule has 132 valence electrons. The van der Waals surface area contributed by atoms with E-state index in [9.17, 15) is 14.9 Å². The molecule has 0 aliphatic heterocycles. The molecule has 0 aliphatic carbocycles. The van der Waals surface area contributed by atoms with E-state index in [0.29, 0.717) is 12.4 Å². The SMILES string of the molecule is CCOc1ccc(OCCOC(=O)c2ccc(Cl)cc2[N+](=O)[O-])cc1. The van der Waals surface area contributed by atoms with E-state index >= 15 is 0 Å². The molecule has 0 N–H and O–H groups in total. The van der Waals surface area contributed by atoms with Gasteiger partial charge in [0.1, 0.15) is 30.3 Å². The second kappa shape index (κ2) is 8.89. The van der Waals surface area contributed by atoms with E-state index < -0.39 is 16.6 Å². The molecular formula is C17H16ClNO6. The first kappa shape index (κ1) is 18.5. The second-order valence-corrected chi connectivity index (χ2v) is 5.24. The summed E-state index contributed by atoms with van der Waals surface area (Å²) in [6, 6.07) is 10.8. The molecule has 0 atom stereocenters. The summed E-state index contributed by atoms with van der Waals surface area (Å²) < 4.78 is 15.8. The van der Waals surface area contributed by atoms with Crippen molar-refractivity contribution in [2.24, 2.45) is 0 Å². The highest BCUT2D eigenvalue weighted by Crippen LogP contribution is 2.24. The number of hydrogen-bond donors (Lipinski definition) is 0. The molecule has 0 amide bonds. The fourth-order valence-electron chi connectivity index (χ4n) is 2.00. The van der Waals surface area contributed by atoms with Crippen molar-refractivity contribution in [1.82, 2.24) is 0 Å². The van der Waals surface area contributed by atoms with Crippen molar-refractivity contribution >= 4 is 23.3 Å². The second-order valence-electron chi connectivity index (χ2n) is 4.81. The van der Waals surface area contributed by atoms with Crippen molar-refractivity contribution < 1.29 is 23.9 Å². The first-order valence-corrected chi connectivity index (χ1v) is 7.85. The zero-order valence-electron chi connectivity index (χ0n) is 13.4. The van der Waals surface area contributed by atoms with E-state index in [-0.39, 0.29) is 23.8 Å². The fourth-order valence-corrected chi connectivity index (χ4v) is 2.17. The lowest BCUT2D eigenvalue weighted by molar-refractivity contribution is -0.385. The van der Waals surface area contributed by atoms with E-state index in [1.165, 1.54) is 12.1 Å². The maximum atomic E-state index is 12.0. The first-order chi connectivity index (χ1) is 12.0. The Bertz CT molecular complexity index is 747. The number of benzene rings is 2. The van der Waals surface area contributed by atoms with Crippen LogP contribution in [0.1, 0.15) is 17.3 Å². The molecule has 0 heterocycles. The van der Waals surface area contributed by atoms with Crippen molar-refractivity contribution in [3.63, 3.8) is 0 Å². The first-order valence-electron chi connectivity index (χ1n) is 7.48. The Hall–Kier alpha value is -2.80. The van der Waals surface area contributed by atoms with Gasteiger partial charge in [0.15, 0.2) is 0 Å². The molecule has 2 rings (SSSR count). The standard InChI is InChI=1S/C17H16ClNO6/c1-2-23-13-4-6-14(7-5-13)24-9-10-25-17(20)15-8-3-12(18)11-16(15)19(21)22/h3-8,11H,2,9-10H2,1H3. The summed E-state index contributed by atoms with van der Waals surface area (Å²) in [6.07, 6.45) is 0. The molecule has 25 heavy (non-hydrogen) atoms. The Labute approximate surface area is 149 Å². The molecule has 0 bridgehead atoms. The molecule has 7 nitrogen and oxygen atoms in total. The predicted molar refractivity (Wildman–Crippen MR) is 91.5 cm³/mol. The van der Waals surface area contributed by atoms with Gasteiger partial charge in [0.05, 0.1) is 11.5 Å². The Kier molecular flexibility index (Phi) is 6.59. The maximum Gasteiger partial charge on any atom is 0.345 e. The largest absolute Gasteiger partial charge is 0.494 e. The lowest BCUT2D eigenvalue weighted by Gasteiger charge is -2.09. The lowest BCUT2D eigenvalue weighted by Crippen LogP contribution is -2.13. The molecular weight excluding hydrogens is 350 g/mol. The minimum Gasteiger partial charge on any atom is -0.494 e. The molecule has 0 aromatic heterocycles. The summed E-state index contributed by atoms with van der Waals surface area (Å²) in [5.74, 6) is 0.520. The number of carbonyl (C=O) groups excluding carboxylic acids is 1. The predicted octanol–water partition coefficient (Wildman–Crippen LogP) is 3.88. The molecule has 8 heteroatoms. The zero-order valence-corrected chi connectivity index (χ0v) is 14.2. The molecule has 0 spiro atoms. The van der Waals surface area contributed by atoms with Crippen LogP contribution in [0.25, 0.3) is 0 Å². The van der Waals surface area contributed by atoms with Crippen LogP contribution >= 0.6 is 11.6 Å². The Morgan fingerprint density at radius 2 is 1.72 bits per heavy atom. The highest BCUT2D eigenvalue weighted by atomic mass is 35.5. The number of nitro benzene ring substituents is 1. The van der Waals surface area contributed by atoms with Crippen molar-refractivity contribution in [3.05, 3.63) is 63.2 Å². The van der Waals surface area contributed by atoms with Crippen LogP contribution in [0.3, 0.4) is 0 Å². The highest BCUT2D eigenvalue weighted by Gasteiger charge is 2.21. The topological polar surface area (TPSA) is 87.9 Å². The van der Waals surface area contributed by atoms with Crippen LogP contribution in [0.5, 0.6) is 11.5 Å². The third kappa shape index (κ3) is 5.36. The average Bonchev–Trinajstić information content (AvgIpc) is 2.60. The number of rotatable bonds is 8. The van der Waals surface area contributed by atoms with Crippen LogP contribution < -0.4 is 9.47 Å². The van der Waals surface area contributed by atoms with Crippen LogP contribution in [0.2, 0.25) is 5.02 Å². The van der Waals surface area contributed by atoms with E-state index in [4.69, 9.17) is 25.8 Å². The van der Waals surface area contributed by atoms with Crippen LogP contribution in [0, 0.1) is 10.1 Å². The van der Waals surface area contributed by atoms with Crippen molar-refractivity contribution in [1.29, 1.82) is 0 Å². The summed E-state index contributed by atoms with van der Waals surface area (Å²) in [6.45, 7) is 2.53. The van der Waals surface area contributed by atoms with Crippen LogP contribution in [0.15, 0.2) is 42.5 Å². The van der Waals surface area contributed by atoms with Gasteiger partial charge >= 0.3 is 5.97 Å². The summed E-state index contributed by atoms with van der Waals surface area (Å²) in [5.41, 5.74) is -0.555. The third-order valence-electron chi connectivity index (χ3n) is 3.10. The Morgan fingerprint density at radius 1 is 1.08 bits per heavy atom. The number of nitrogens with zero attached hydrogens (tertiary/aromatic N) is 1. The van der Waals surface area contributed by atoms with Gasteiger partial charge in [0.2, 0.25) is 0 Å². The molecule has 2 aromatic rings. The van der Waals surface area contributed by atoms with Gasteiger partial charge < -0.3 is 14.2 Å². The van der Waals surface area contributed by atoms with Gasteiger partial charge in [0.25, 0.3) is 5.69 Å². The fraction of sp³-hybridized carbons (Fsp3) is 0.235. The molecule has 0 aliphatic rings. The third-order valence-corrected chi connectivity index (χ3v) is 3.33. The molecule has 2 aromatic carbocycles. The number of nitro groups is 1. The van der Waals surface area contributed by atoms with E-state index in [1.807, 2.05) is 6.92 Å². The van der Waals surface area contributed by atoms with Gasteiger partial charge in [-0.25, -0.2) is 4.79 Å². The van der Waals surface area contributed by atoms with Crippen molar-refractivity contribution in [2.75, 3.05) is 19.8 Å². The quantitative estimate of drug-likeness (QED) is 0.305. The maximum absolute atomic E-state index is 12.0. The normalized spacial score (nSPS) is 10.2. The van der Waals surface area contributed by atoms with Gasteiger partial charge in [-0.1, -0.05) is 11.6 Å². The van der Waals surface area contributed by atoms with E-state index in [2.05, 4.69) is 0 Å². The van der Waals surface area contributed by atoms with Crippen molar-refractivity contribution in [3.8, 4) is 11.5 Å². The number of ether oxygens (including phenoxy) is 3. The Balaban J connectivity index is 1.85. The van der Waals surface area contributed by atoms with Gasteiger partial charge in [-0.15, -0.1) is 0 Å². The molecule has 0 fully saturated rings. The van der Waals surface area contributed by atoms with Crippen LogP contribution in [-0.4, -0.2) is 30.7 Å². The van der Waals surface area contributed by atoms with Crippen LogP contribution in [0.4, 0.5) is 5.69 Å². The molecule has 0 radical (unpaired) electrons. The smallest absolute Gasteiger partial charge is 0.345 e. The minimum atomic E-state index is -0.807. The monoisotopic (exact) mass is 365 g/mol. The van der Waals surface area contributed by atoms with Gasteiger partial charge in [-0.05, 0) is 43.3 Å². The van der Waals surface area contributed by atoms with Gasteiger partial charge in [0, 0.05) is 11.1 Å². The van der Waals surface area contributed by atoms with Gasteiger partial charge in [-0.3, -0.25) is 10.1 Å². The lowest BCUT2D eigenvalue weighted by atomic mass is 10.2. The molecule has 0 saturated heterocycles. The molecule has 0 saturated carbocycles. The number of esters is 1. The summed E-state index contributed by atoms with van der Waals surface area (Å²) in [7, 11) is 0. The Morgan fingerprint density at radius 3 is 2.32 bits per heavy atom. The van der Waals surface area contributed by atoms with Crippen molar-refractivity contribution in [2.45, 2.75) is 6.92 Å². The number of carbonyl (C=O) groups is 1. The van der Waals surface area contributed by atoms with E-state index in [0.717, 1.165) is 11.8 Å². The summed E-state index contributed by atoms with van der Waals surface area (Å²) in [5, 5.41) is 11.1. The van der Waals surface area contributed by atoms with Crippen LogP contribution in [-0.2, 0) is 4.74 Å².